The van der Waals surface area contributed by atoms with Crippen LogP contribution in [0.5, 0.6) is 5.75 Å². The molecular formula is C23H24N2O4. The third-order valence-corrected chi connectivity index (χ3v) is 4.36. The number of benzene rings is 2. The number of hydrogen-bond acceptors (Lipinski definition) is 5. The van der Waals surface area contributed by atoms with Crippen LogP contribution < -0.4 is 10.2 Å². The zero-order valence-corrected chi connectivity index (χ0v) is 16.0. The molecule has 3 aromatic rings. The van der Waals surface area contributed by atoms with Crippen LogP contribution in [0.3, 0.4) is 0 Å². The molecule has 2 unspecified atom stereocenters. The molecule has 3 rings (SSSR count). The van der Waals surface area contributed by atoms with E-state index in [1.807, 2.05) is 60.7 Å². The van der Waals surface area contributed by atoms with Crippen molar-refractivity contribution in [3.05, 3.63) is 96.3 Å². The molecule has 6 nitrogen and oxygen atoms in total. The van der Waals surface area contributed by atoms with E-state index >= 15 is 0 Å². The zero-order chi connectivity index (χ0) is 20.3. The van der Waals surface area contributed by atoms with Crippen molar-refractivity contribution in [2.45, 2.75) is 25.0 Å². The topological polar surface area (TPSA) is 80.7 Å². The molecule has 2 aromatic carbocycles. The van der Waals surface area contributed by atoms with E-state index in [-0.39, 0.29) is 6.04 Å². The van der Waals surface area contributed by atoms with Gasteiger partial charge in [0.2, 0.25) is 0 Å². The monoisotopic (exact) mass is 392 g/mol. The quantitative estimate of drug-likeness (QED) is 0.379. The highest BCUT2D eigenvalue weighted by Gasteiger charge is 2.19. The van der Waals surface area contributed by atoms with Gasteiger partial charge in [-0.2, -0.15) is 5.48 Å². The fourth-order valence-electron chi connectivity index (χ4n) is 2.90. The van der Waals surface area contributed by atoms with Crippen molar-refractivity contribution < 1.29 is 19.5 Å². The van der Waals surface area contributed by atoms with E-state index in [9.17, 15) is 9.90 Å². The standard InChI is InChI=1S/C23H24N2O4/c26-23(27)21(29-20-12-5-2-6-13-20)14-8-16-28-25-22(18-9-3-1-4-10-18)19-11-7-15-24-17-19/h1-7,9-13,15,17,21-22,25H,8,14,16H2,(H,26,27). The molecule has 0 saturated carbocycles. The minimum atomic E-state index is -0.987. The lowest BCUT2D eigenvalue weighted by Crippen LogP contribution is -2.28. The van der Waals surface area contributed by atoms with Crippen LogP contribution in [0.1, 0.15) is 30.0 Å². The third-order valence-electron chi connectivity index (χ3n) is 4.36. The van der Waals surface area contributed by atoms with Crippen LogP contribution in [0.2, 0.25) is 0 Å². The molecule has 0 aliphatic rings. The van der Waals surface area contributed by atoms with Gasteiger partial charge >= 0.3 is 5.97 Å². The molecule has 0 aliphatic heterocycles. The van der Waals surface area contributed by atoms with E-state index in [1.165, 1.54) is 0 Å². The van der Waals surface area contributed by atoms with Gasteiger partial charge in [0.1, 0.15) is 5.75 Å². The van der Waals surface area contributed by atoms with Crippen LogP contribution in [-0.2, 0) is 9.63 Å². The van der Waals surface area contributed by atoms with Gasteiger partial charge in [-0.05, 0) is 42.2 Å². The molecule has 0 spiro atoms. The molecule has 0 fully saturated rings. The minimum Gasteiger partial charge on any atom is -0.479 e. The lowest BCUT2D eigenvalue weighted by atomic mass is 10.0. The maximum atomic E-state index is 11.5. The van der Waals surface area contributed by atoms with Crippen molar-refractivity contribution in [2.75, 3.05) is 6.61 Å². The average Bonchev–Trinajstić information content (AvgIpc) is 2.77. The largest absolute Gasteiger partial charge is 0.479 e. The van der Waals surface area contributed by atoms with Crippen molar-refractivity contribution in [2.24, 2.45) is 0 Å². The Kier molecular flexibility index (Phi) is 7.74. The predicted octanol–water partition coefficient (Wildman–Crippen LogP) is 4.00. The van der Waals surface area contributed by atoms with Gasteiger partial charge in [0.15, 0.2) is 6.10 Å². The summed E-state index contributed by atoms with van der Waals surface area (Å²) in [4.78, 5) is 21.3. The average molecular weight is 392 g/mol. The van der Waals surface area contributed by atoms with Crippen molar-refractivity contribution >= 4 is 5.97 Å². The number of hydrogen-bond donors (Lipinski definition) is 2. The molecule has 0 bridgehead atoms. The van der Waals surface area contributed by atoms with Crippen LogP contribution in [0.15, 0.2) is 85.2 Å². The van der Waals surface area contributed by atoms with Gasteiger partial charge in [0, 0.05) is 12.4 Å². The molecule has 0 amide bonds. The predicted molar refractivity (Wildman–Crippen MR) is 109 cm³/mol. The van der Waals surface area contributed by atoms with Gasteiger partial charge in [-0.3, -0.25) is 4.98 Å². The smallest absolute Gasteiger partial charge is 0.344 e. The SMILES string of the molecule is O=C(O)C(CCCONC(c1ccccc1)c1cccnc1)Oc1ccccc1. The second kappa shape index (κ2) is 10.9. The molecule has 1 heterocycles. The summed E-state index contributed by atoms with van der Waals surface area (Å²) >= 11 is 0. The summed E-state index contributed by atoms with van der Waals surface area (Å²) in [6, 6.07) is 22.6. The number of para-hydroxylation sites is 1. The van der Waals surface area contributed by atoms with Crippen LogP contribution >= 0.6 is 0 Å². The second-order valence-electron chi connectivity index (χ2n) is 6.50. The lowest BCUT2D eigenvalue weighted by Gasteiger charge is -2.19. The number of carboxylic acids is 1. The van der Waals surface area contributed by atoms with E-state index < -0.39 is 12.1 Å². The number of aliphatic carboxylic acids is 1. The number of pyridine rings is 1. The molecule has 0 saturated heterocycles. The number of ether oxygens (including phenoxy) is 1. The van der Waals surface area contributed by atoms with E-state index in [0.717, 1.165) is 11.1 Å². The zero-order valence-electron chi connectivity index (χ0n) is 16.0. The lowest BCUT2D eigenvalue weighted by molar-refractivity contribution is -0.145. The first-order chi connectivity index (χ1) is 14.2. The number of aromatic nitrogens is 1. The van der Waals surface area contributed by atoms with Crippen molar-refractivity contribution in [3.8, 4) is 5.75 Å². The summed E-state index contributed by atoms with van der Waals surface area (Å²) in [5.74, 6) is -0.445. The van der Waals surface area contributed by atoms with Crippen LogP contribution in [0.4, 0.5) is 0 Å². The Morgan fingerprint density at radius 1 is 0.966 bits per heavy atom. The third kappa shape index (κ3) is 6.41. The number of carboxylic acid groups (broad SMARTS) is 1. The van der Waals surface area contributed by atoms with Crippen molar-refractivity contribution in [3.63, 3.8) is 0 Å². The fraction of sp³-hybridized carbons (Fsp3) is 0.217. The molecule has 1 aromatic heterocycles. The Morgan fingerprint density at radius 3 is 2.31 bits per heavy atom. The highest BCUT2D eigenvalue weighted by molar-refractivity contribution is 5.72. The highest BCUT2D eigenvalue weighted by Crippen LogP contribution is 2.21. The number of hydroxylamine groups is 1. The molecule has 0 radical (unpaired) electrons. The van der Waals surface area contributed by atoms with E-state index in [1.54, 1.807) is 24.5 Å². The summed E-state index contributed by atoms with van der Waals surface area (Å²) in [6.07, 6.45) is 3.48. The first kappa shape index (κ1) is 20.5. The number of nitrogens with one attached hydrogen (secondary N) is 1. The normalized spacial score (nSPS) is 12.8. The van der Waals surface area contributed by atoms with E-state index in [2.05, 4.69) is 10.5 Å². The van der Waals surface area contributed by atoms with Gasteiger partial charge in [0.25, 0.3) is 0 Å². The second-order valence-corrected chi connectivity index (χ2v) is 6.50. The first-order valence-electron chi connectivity index (χ1n) is 9.51. The summed E-state index contributed by atoms with van der Waals surface area (Å²) in [5.41, 5.74) is 5.11. The molecule has 6 heteroatoms. The van der Waals surface area contributed by atoms with Crippen molar-refractivity contribution in [1.29, 1.82) is 0 Å². The minimum absolute atomic E-state index is 0.166. The Balaban J connectivity index is 1.51. The Morgan fingerprint density at radius 2 is 1.66 bits per heavy atom. The van der Waals surface area contributed by atoms with Crippen LogP contribution in [-0.4, -0.2) is 28.8 Å². The van der Waals surface area contributed by atoms with Crippen molar-refractivity contribution in [1.82, 2.24) is 10.5 Å². The molecule has 0 aliphatic carbocycles. The van der Waals surface area contributed by atoms with Crippen LogP contribution in [0, 0.1) is 0 Å². The van der Waals surface area contributed by atoms with Gasteiger partial charge in [0.05, 0.1) is 12.6 Å². The summed E-state index contributed by atoms with van der Waals surface area (Å²) in [5, 5.41) is 9.39. The van der Waals surface area contributed by atoms with Crippen LogP contribution in [0.25, 0.3) is 0 Å². The fourth-order valence-corrected chi connectivity index (χ4v) is 2.90. The number of carbonyl (C=O) groups is 1. The summed E-state index contributed by atoms with van der Waals surface area (Å²) in [7, 11) is 0. The Labute approximate surface area is 170 Å². The Bertz CT molecular complexity index is 820. The highest BCUT2D eigenvalue weighted by atomic mass is 16.6. The summed E-state index contributed by atoms with van der Waals surface area (Å²) < 4.78 is 5.56. The molecule has 2 atom stereocenters. The molecule has 2 N–H and O–H groups in total. The molecular weight excluding hydrogens is 368 g/mol. The van der Waals surface area contributed by atoms with Gasteiger partial charge in [-0.15, -0.1) is 0 Å². The molecule has 150 valence electrons. The maximum Gasteiger partial charge on any atom is 0.344 e. The Hall–Kier alpha value is -3.22. The number of rotatable bonds is 11. The van der Waals surface area contributed by atoms with E-state index in [4.69, 9.17) is 9.57 Å². The van der Waals surface area contributed by atoms with Gasteiger partial charge in [-0.25, -0.2) is 4.79 Å². The number of nitrogens with zero attached hydrogens (tertiary/aromatic N) is 1. The summed E-state index contributed by atoms with van der Waals surface area (Å²) in [6.45, 7) is 0.353. The van der Waals surface area contributed by atoms with Gasteiger partial charge < -0.3 is 14.7 Å². The van der Waals surface area contributed by atoms with E-state index in [0.29, 0.717) is 25.2 Å². The molecule has 29 heavy (non-hydrogen) atoms. The maximum absolute atomic E-state index is 11.5. The first-order valence-corrected chi connectivity index (χ1v) is 9.51. The van der Waals surface area contributed by atoms with Gasteiger partial charge in [-0.1, -0.05) is 54.6 Å².